The van der Waals surface area contributed by atoms with Gasteiger partial charge in [0.05, 0.1) is 11.1 Å². The van der Waals surface area contributed by atoms with E-state index in [1.165, 1.54) is 16.7 Å². The summed E-state index contributed by atoms with van der Waals surface area (Å²) in [6.07, 6.45) is 3.04. The van der Waals surface area contributed by atoms with Crippen molar-refractivity contribution in [3.8, 4) is 0 Å². The van der Waals surface area contributed by atoms with Crippen molar-refractivity contribution in [1.82, 2.24) is 0 Å². The van der Waals surface area contributed by atoms with Crippen LogP contribution in [0.1, 0.15) is 19.8 Å². The zero-order chi connectivity index (χ0) is 19.3. The number of hydrogen-bond acceptors (Lipinski definition) is 2. The summed E-state index contributed by atoms with van der Waals surface area (Å²) >= 11 is 0. The van der Waals surface area contributed by atoms with E-state index in [1.54, 1.807) is 12.1 Å². The molecule has 0 unspecified atom stereocenters. The molecule has 0 atom stereocenters. The molecule has 3 aromatic rings. The summed E-state index contributed by atoms with van der Waals surface area (Å²) in [5, 5.41) is 3.41. The highest BCUT2D eigenvalue weighted by molar-refractivity contribution is 7.95. The van der Waals surface area contributed by atoms with Gasteiger partial charge in [0.2, 0.25) is 0 Å². The van der Waals surface area contributed by atoms with E-state index >= 15 is 0 Å². The molecule has 1 N–H and O–H groups in total. The summed E-state index contributed by atoms with van der Waals surface area (Å²) in [7, 11) is -6.29. The van der Waals surface area contributed by atoms with Crippen molar-refractivity contribution in [3.63, 3.8) is 0 Å². The van der Waals surface area contributed by atoms with Crippen molar-refractivity contribution in [1.29, 1.82) is 0 Å². The van der Waals surface area contributed by atoms with Crippen LogP contribution < -0.4 is 15.9 Å². The van der Waals surface area contributed by atoms with Gasteiger partial charge in [0, 0.05) is 6.07 Å². The van der Waals surface area contributed by atoms with Gasteiger partial charge in [0.1, 0.15) is 23.2 Å². The van der Waals surface area contributed by atoms with Crippen LogP contribution in [0.25, 0.3) is 0 Å². The van der Waals surface area contributed by atoms with Crippen LogP contribution in [0.4, 0.5) is 0 Å². The van der Waals surface area contributed by atoms with Gasteiger partial charge in [-0.3, -0.25) is 4.55 Å². The number of rotatable bonds is 7. The molecule has 3 aromatic carbocycles. The highest BCUT2D eigenvalue weighted by atomic mass is 32.2. The Balaban J connectivity index is 2.33. The molecule has 3 nitrogen and oxygen atoms in total. The number of unbranched alkanes of at least 4 members (excludes halogenated alkanes) is 1. The lowest BCUT2D eigenvalue weighted by atomic mass is 10.3. The van der Waals surface area contributed by atoms with Crippen LogP contribution in [0.2, 0.25) is 0 Å². The fourth-order valence-electron chi connectivity index (χ4n) is 3.48. The predicted molar refractivity (Wildman–Crippen MR) is 115 cm³/mol. The monoisotopic (exact) mass is 399 g/mol. The van der Waals surface area contributed by atoms with Crippen molar-refractivity contribution in [2.45, 2.75) is 24.7 Å². The van der Waals surface area contributed by atoms with E-state index in [1.807, 2.05) is 42.5 Å². The third kappa shape index (κ3) is 4.14. The van der Waals surface area contributed by atoms with Gasteiger partial charge in [-0.2, -0.15) is 8.42 Å². The van der Waals surface area contributed by atoms with Gasteiger partial charge in [-0.25, -0.2) is 0 Å². The van der Waals surface area contributed by atoms with Crippen LogP contribution in [-0.2, 0) is 10.1 Å². The Morgan fingerprint density at radius 2 is 1.30 bits per heavy atom. The first kappa shape index (κ1) is 19.8. The molecule has 0 aliphatic carbocycles. The molecule has 27 heavy (non-hydrogen) atoms. The molecule has 140 valence electrons. The molecule has 5 heteroatoms. The zero-order valence-electron chi connectivity index (χ0n) is 15.3. The lowest BCUT2D eigenvalue weighted by Crippen LogP contribution is -2.33. The molecule has 0 saturated heterocycles. The second-order valence-corrected chi connectivity index (χ2v) is 11.6. The molecule has 0 bridgehead atoms. The summed E-state index contributed by atoms with van der Waals surface area (Å²) in [6, 6.07) is 27.5. The van der Waals surface area contributed by atoms with E-state index in [-0.39, 0.29) is 4.90 Å². The third-order valence-electron chi connectivity index (χ3n) is 4.80. The fraction of sp³-hybridized carbons (Fsp3) is 0.182. The predicted octanol–water partition coefficient (Wildman–Crippen LogP) is 4.03. The molecule has 0 saturated carbocycles. The smallest absolute Gasteiger partial charge is 0.282 e. The van der Waals surface area contributed by atoms with E-state index in [9.17, 15) is 13.0 Å². The van der Waals surface area contributed by atoms with E-state index in [2.05, 4.69) is 31.2 Å². The van der Waals surface area contributed by atoms with Gasteiger partial charge < -0.3 is 0 Å². The molecule has 0 aromatic heterocycles. The standard InChI is InChI=1S/C22H23O3PS/c1-2-3-17-26(19-11-6-4-7-12-19,20-13-8-5-9-14-20)21-15-10-16-22(18-21)27(23,24)25/h4-16,18H,2-3,17H2,1H3/p+1. The minimum atomic E-state index is -4.25. The van der Waals surface area contributed by atoms with E-state index < -0.39 is 17.4 Å². The first-order chi connectivity index (χ1) is 13.0. The van der Waals surface area contributed by atoms with Gasteiger partial charge in [-0.1, -0.05) is 55.8 Å². The average Bonchev–Trinajstić information content (AvgIpc) is 2.70. The summed E-state index contributed by atoms with van der Waals surface area (Å²) in [6.45, 7) is 2.17. The van der Waals surface area contributed by atoms with Gasteiger partial charge in [-0.05, 0) is 42.8 Å². The fourth-order valence-corrected chi connectivity index (χ4v) is 8.61. The molecular weight excluding hydrogens is 375 g/mol. The van der Waals surface area contributed by atoms with Crippen LogP contribution in [0.15, 0.2) is 89.8 Å². The van der Waals surface area contributed by atoms with E-state index in [4.69, 9.17) is 0 Å². The summed E-state index contributed by atoms with van der Waals surface area (Å²) in [5.41, 5.74) is 0. The summed E-state index contributed by atoms with van der Waals surface area (Å²) in [4.78, 5) is -0.0484. The topological polar surface area (TPSA) is 54.4 Å². The van der Waals surface area contributed by atoms with Crippen LogP contribution in [0.3, 0.4) is 0 Å². The second kappa shape index (κ2) is 8.35. The van der Waals surface area contributed by atoms with E-state index in [0.717, 1.165) is 24.3 Å². The molecule has 0 radical (unpaired) electrons. The van der Waals surface area contributed by atoms with Gasteiger partial charge in [-0.15, -0.1) is 0 Å². The minimum absolute atomic E-state index is 0.0484. The minimum Gasteiger partial charge on any atom is -0.282 e. The molecule has 0 fully saturated rings. The first-order valence-electron chi connectivity index (χ1n) is 9.06. The van der Waals surface area contributed by atoms with Crippen LogP contribution in [0, 0.1) is 0 Å². The Morgan fingerprint density at radius 3 is 1.78 bits per heavy atom. The average molecular weight is 399 g/mol. The number of benzene rings is 3. The molecule has 3 rings (SSSR count). The normalized spacial score (nSPS) is 12.1. The van der Waals surface area contributed by atoms with Gasteiger partial charge >= 0.3 is 0 Å². The lowest BCUT2D eigenvalue weighted by molar-refractivity contribution is 0.483. The SMILES string of the molecule is CCCC[P+](c1ccccc1)(c1ccccc1)c1cccc(S(=O)(=O)O)c1. The quantitative estimate of drug-likeness (QED) is 0.482. The van der Waals surface area contributed by atoms with Crippen molar-refractivity contribution in [3.05, 3.63) is 84.9 Å². The van der Waals surface area contributed by atoms with Gasteiger partial charge in [0.25, 0.3) is 10.1 Å². The second-order valence-electron chi connectivity index (χ2n) is 6.53. The van der Waals surface area contributed by atoms with Crippen molar-refractivity contribution in [2.75, 3.05) is 6.16 Å². The van der Waals surface area contributed by atoms with E-state index in [0.29, 0.717) is 0 Å². The summed E-state index contributed by atoms with van der Waals surface area (Å²) < 4.78 is 33.1. The maximum absolute atomic E-state index is 11.8. The largest absolute Gasteiger partial charge is 0.294 e. The third-order valence-corrected chi connectivity index (χ3v) is 10.2. The Kier molecular flexibility index (Phi) is 6.11. The first-order valence-corrected chi connectivity index (χ1v) is 12.5. The maximum Gasteiger partial charge on any atom is 0.294 e. The Hall–Kier alpha value is -2.00. The van der Waals surface area contributed by atoms with Crippen LogP contribution in [0.5, 0.6) is 0 Å². The highest BCUT2D eigenvalue weighted by Crippen LogP contribution is 2.56. The van der Waals surface area contributed by atoms with Crippen LogP contribution >= 0.6 is 7.26 Å². The van der Waals surface area contributed by atoms with Crippen molar-refractivity contribution in [2.24, 2.45) is 0 Å². The Bertz CT molecular complexity index is 947. The molecule has 0 spiro atoms. The zero-order valence-corrected chi connectivity index (χ0v) is 17.0. The summed E-state index contributed by atoms with van der Waals surface area (Å²) in [5.74, 6) is 0. The Morgan fingerprint density at radius 1 is 0.778 bits per heavy atom. The Labute approximate surface area is 162 Å². The highest BCUT2D eigenvalue weighted by Gasteiger charge is 2.44. The molecule has 0 aliphatic heterocycles. The molecule has 0 heterocycles. The van der Waals surface area contributed by atoms with Crippen molar-refractivity contribution >= 4 is 33.3 Å². The van der Waals surface area contributed by atoms with Gasteiger partial charge in [0.15, 0.2) is 0 Å². The van der Waals surface area contributed by atoms with Crippen LogP contribution in [-0.4, -0.2) is 19.1 Å². The van der Waals surface area contributed by atoms with Crippen molar-refractivity contribution < 1.29 is 13.0 Å². The maximum atomic E-state index is 11.8. The molecule has 0 aliphatic rings. The molecular formula is C22H24O3PS+. The number of hydrogen-bond donors (Lipinski definition) is 1. The molecule has 0 amide bonds. The lowest BCUT2D eigenvalue weighted by Gasteiger charge is -2.27.